The van der Waals surface area contributed by atoms with Gasteiger partial charge in [-0.1, -0.05) is 24.3 Å². The van der Waals surface area contributed by atoms with Crippen LogP contribution in [0.3, 0.4) is 0 Å². The van der Waals surface area contributed by atoms with Crippen LogP contribution in [0.15, 0.2) is 54.6 Å². The number of ether oxygens (including phenoxy) is 1. The zero-order valence-electron chi connectivity index (χ0n) is 13.8. The molecule has 0 fully saturated rings. The molecule has 2 N–H and O–H groups in total. The van der Waals surface area contributed by atoms with Crippen LogP contribution >= 0.6 is 0 Å². The molecule has 0 saturated heterocycles. The fourth-order valence-electron chi connectivity index (χ4n) is 2.63. The first kappa shape index (κ1) is 16.9. The van der Waals surface area contributed by atoms with Crippen LogP contribution in [-0.2, 0) is 0 Å². The molecule has 26 heavy (non-hydrogen) atoms. The predicted octanol–water partition coefficient (Wildman–Crippen LogP) is 3.79. The summed E-state index contributed by atoms with van der Waals surface area (Å²) in [4.78, 5) is 14.8. The minimum Gasteiger partial charge on any atom is -0.497 e. The molecule has 2 aromatic carbocycles. The van der Waals surface area contributed by atoms with Crippen LogP contribution in [0.5, 0.6) is 5.75 Å². The average Bonchev–Trinajstić information content (AvgIpc) is 2.67. The molecule has 0 unspecified atom stereocenters. The van der Waals surface area contributed by atoms with Crippen LogP contribution in [-0.4, -0.2) is 17.0 Å². The molecular formula is C19H14N4O3. The second-order valence-corrected chi connectivity index (χ2v) is 5.47. The summed E-state index contributed by atoms with van der Waals surface area (Å²) in [6, 6.07) is 17.1. The van der Waals surface area contributed by atoms with Crippen LogP contribution in [0.4, 0.5) is 11.5 Å². The van der Waals surface area contributed by atoms with E-state index in [1.807, 2.05) is 6.07 Å². The molecule has 7 heteroatoms. The second-order valence-electron chi connectivity index (χ2n) is 5.47. The third-order valence-corrected chi connectivity index (χ3v) is 3.89. The average molecular weight is 346 g/mol. The zero-order valence-corrected chi connectivity index (χ0v) is 13.8. The minimum atomic E-state index is -0.473. The number of hydrogen-bond donors (Lipinski definition) is 1. The lowest BCUT2D eigenvalue weighted by atomic mass is 9.98. The zero-order chi connectivity index (χ0) is 18.7. The van der Waals surface area contributed by atoms with Crippen molar-refractivity contribution in [2.24, 2.45) is 0 Å². The molecule has 128 valence electrons. The summed E-state index contributed by atoms with van der Waals surface area (Å²) in [5.74, 6) is 0.702. The van der Waals surface area contributed by atoms with Gasteiger partial charge in [0.1, 0.15) is 23.2 Å². The van der Waals surface area contributed by atoms with E-state index in [1.54, 1.807) is 43.5 Å². The van der Waals surface area contributed by atoms with Gasteiger partial charge in [0.15, 0.2) is 0 Å². The van der Waals surface area contributed by atoms with Gasteiger partial charge in [0.05, 0.1) is 17.7 Å². The highest BCUT2D eigenvalue weighted by Gasteiger charge is 2.15. The molecule has 7 nitrogen and oxygen atoms in total. The van der Waals surface area contributed by atoms with Crippen molar-refractivity contribution in [2.75, 3.05) is 12.8 Å². The van der Waals surface area contributed by atoms with Crippen molar-refractivity contribution in [3.63, 3.8) is 0 Å². The fraction of sp³-hybridized carbons (Fsp3) is 0.0526. The highest BCUT2D eigenvalue weighted by atomic mass is 16.6. The largest absolute Gasteiger partial charge is 0.497 e. The predicted molar refractivity (Wildman–Crippen MR) is 97.4 cm³/mol. The Morgan fingerprint density at radius 3 is 2.58 bits per heavy atom. The van der Waals surface area contributed by atoms with E-state index >= 15 is 0 Å². The van der Waals surface area contributed by atoms with E-state index in [0.717, 1.165) is 5.56 Å². The summed E-state index contributed by atoms with van der Waals surface area (Å²) in [7, 11) is 1.56. The lowest BCUT2D eigenvalue weighted by molar-refractivity contribution is -0.384. The summed E-state index contributed by atoms with van der Waals surface area (Å²) in [6.07, 6.45) is 0. The number of nitrogens with two attached hydrogens (primary N) is 1. The Hall–Kier alpha value is -3.92. The molecular weight excluding hydrogens is 332 g/mol. The van der Waals surface area contributed by atoms with Gasteiger partial charge in [0.25, 0.3) is 5.69 Å². The molecule has 0 bridgehead atoms. The van der Waals surface area contributed by atoms with Gasteiger partial charge in [-0.05, 0) is 23.8 Å². The number of nitrogen functional groups attached to an aromatic ring is 1. The van der Waals surface area contributed by atoms with Gasteiger partial charge in [0, 0.05) is 23.3 Å². The number of non-ortho nitro benzene ring substituents is 1. The second kappa shape index (κ2) is 6.91. The molecule has 0 spiro atoms. The molecule has 0 atom stereocenters. The summed E-state index contributed by atoms with van der Waals surface area (Å²) in [6.45, 7) is 0. The smallest absolute Gasteiger partial charge is 0.270 e. The summed E-state index contributed by atoms with van der Waals surface area (Å²) in [5.41, 5.74) is 8.48. The van der Waals surface area contributed by atoms with Crippen LogP contribution < -0.4 is 10.5 Å². The molecule has 0 aliphatic heterocycles. The van der Waals surface area contributed by atoms with Crippen LogP contribution in [0, 0.1) is 21.4 Å². The van der Waals surface area contributed by atoms with Gasteiger partial charge in [-0.3, -0.25) is 10.1 Å². The lowest BCUT2D eigenvalue weighted by Gasteiger charge is -2.11. The number of methoxy groups -OCH3 is 1. The fourth-order valence-corrected chi connectivity index (χ4v) is 2.63. The third-order valence-electron chi connectivity index (χ3n) is 3.89. The summed E-state index contributed by atoms with van der Waals surface area (Å²) in [5, 5.41) is 20.5. The maximum atomic E-state index is 11.0. The normalized spacial score (nSPS) is 10.2. The van der Waals surface area contributed by atoms with Crippen molar-refractivity contribution in [2.45, 2.75) is 0 Å². The summed E-state index contributed by atoms with van der Waals surface area (Å²) < 4.78 is 5.23. The Bertz CT molecular complexity index is 1040. The van der Waals surface area contributed by atoms with Gasteiger partial charge in [0.2, 0.25) is 0 Å². The van der Waals surface area contributed by atoms with E-state index in [4.69, 9.17) is 10.5 Å². The van der Waals surface area contributed by atoms with Gasteiger partial charge in [-0.15, -0.1) is 0 Å². The number of anilines is 1. The van der Waals surface area contributed by atoms with Crippen LogP contribution in [0.1, 0.15) is 5.56 Å². The molecule has 1 aromatic heterocycles. The van der Waals surface area contributed by atoms with Gasteiger partial charge < -0.3 is 10.5 Å². The van der Waals surface area contributed by atoms with Crippen LogP contribution in [0.25, 0.3) is 22.4 Å². The van der Waals surface area contributed by atoms with E-state index in [-0.39, 0.29) is 17.1 Å². The molecule has 0 aliphatic carbocycles. The highest BCUT2D eigenvalue weighted by Crippen LogP contribution is 2.33. The van der Waals surface area contributed by atoms with Gasteiger partial charge in [-0.25, -0.2) is 4.98 Å². The number of hydrogen-bond acceptors (Lipinski definition) is 6. The number of rotatable bonds is 4. The highest BCUT2D eigenvalue weighted by molar-refractivity contribution is 5.81. The number of nitrogens with zero attached hydrogens (tertiary/aromatic N) is 3. The van der Waals surface area contributed by atoms with Gasteiger partial charge in [-0.2, -0.15) is 5.26 Å². The first-order valence-corrected chi connectivity index (χ1v) is 7.63. The minimum absolute atomic E-state index is 0.0461. The van der Waals surface area contributed by atoms with Crippen molar-refractivity contribution < 1.29 is 9.66 Å². The van der Waals surface area contributed by atoms with Crippen molar-refractivity contribution in [3.05, 3.63) is 70.3 Å². The standard InChI is InChI=1S/C19H14N4O3/c1-26-15-7-3-4-12(9-15)16-10-18(22-19(21)17(16)11-20)13-5-2-6-14(8-13)23(24)25/h2-10H,1H3,(H2,21,22). The first-order chi connectivity index (χ1) is 12.5. The lowest BCUT2D eigenvalue weighted by Crippen LogP contribution is -2.00. The molecule has 0 saturated carbocycles. The van der Waals surface area contributed by atoms with Crippen molar-refractivity contribution in [1.29, 1.82) is 5.26 Å². The number of pyridine rings is 1. The molecule has 0 radical (unpaired) electrons. The molecule has 1 heterocycles. The number of nitro benzene ring substituents is 1. The monoisotopic (exact) mass is 346 g/mol. The van der Waals surface area contributed by atoms with E-state index in [9.17, 15) is 15.4 Å². The molecule has 0 amide bonds. The van der Waals surface area contributed by atoms with E-state index in [0.29, 0.717) is 22.6 Å². The molecule has 0 aliphatic rings. The number of benzene rings is 2. The topological polar surface area (TPSA) is 115 Å². The summed E-state index contributed by atoms with van der Waals surface area (Å²) >= 11 is 0. The quantitative estimate of drug-likeness (QED) is 0.567. The molecule has 3 aromatic rings. The Morgan fingerprint density at radius 2 is 1.88 bits per heavy atom. The maximum Gasteiger partial charge on any atom is 0.270 e. The molecule has 3 rings (SSSR count). The SMILES string of the molecule is COc1cccc(-c2cc(-c3cccc([N+](=O)[O-])c3)nc(N)c2C#N)c1. The van der Waals surface area contributed by atoms with E-state index < -0.39 is 4.92 Å². The third kappa shape index (κ3) is 3.16. The van der Waals surface area contributed by atoms with Gasteiger partial charge >= 0.3 is 0 Å². The Morgan fingerprint density at radius 1 is 1.15 bits per heavy atom. The van der Waals surface area contributed by atoms with Crippen LogP contribution in [0.2, 0.25) is 0 Å². The number of aromatic nitrogens is 1. The first-order valence-electron chi connectivity index (χ1n) is 7.63. The Labute approximate surface area is 149 Å². The van der Waals surface area contributed by atoms with E-state index in [1.165, 1.54) is 12.1 Å². The van der Waals surface area contributed by atoms with Crippen molar-refractivity contribution >= 4 is 11.5 Å². The van der Waals surface area contributed by atoms with Crippen molar-refractivity contribution in [3.8, 4) is 34.2 Å². The van der Waals surface area contributed by atoms with Crippen molar-refractivity contribution in [1.82, 2.24) is 4.98 Å². The Balaban J connectivity index is 2.21. The number of nitro groups is 1. The number of nitriles is 1. The Kier molecular flexibility index (Phi) is 4.50. The van der Waals surface area contributed by atoms with E-state index in [2.05, 4.69) is 11.1 Å². The maximum absolute atomic E-state index is 11.0.